The van der Waals surface area contributed by atoms with Gasteiger partial charge < -0.3 is 10.6 Å². The zero-order chi connectivity index (χ0) is 13.8. The molecule has 2 rings (SSSR count). The van der Waals surface area contributed by atoms with Crippen molar-refractivity contribution < 1.29 is 8.78 Å². The van der Waals surface area contributed by atoms with E-state index < -0.39 is 11.6 Å². The minimum atomic E-state index is -0.510. The van der Waals surface area contributed by atoms with Gasteiger partial charge in [0.25, 0.3) is 0 Å². The van der Waals surface area contributed by atoms with Crippen molar-refractivity contribution in [3.63, 3.8) is 0 Å². The third kappa shape index (κ3) is 3.22. The molecule has 1 fully saturated rings. The van der Waals surface area contributed by atoms with Crippen molar-refractivity contribution in [2.24, 2.45) is 5.73 Å². The first-order valence-electron chi connectivity index (χ1n) is 6.81. The second-order valence-electron chi connectivity index (χ2n) is 4.94. The van der Waals surface area contributed by atoms with Crippen LogP contribution < -0.4 is 10.6 Å². The van der Waals surface area contributed by atoms with E-state index in [0.717, 1.165) is 26.1 Å². The first kappa shape index (κ1) is 14.2. The Labute approximate surface area is 113 Å². The Morgan fingerprint density at radius 1 is 1.11 bits per heavy atom. The van der Waals surface area contributed by atoms with Gasteiger partial charge in [0.2, 0.25) is 0 Å². The van der Waals surface area contributed by atoms with Gasteiger partial charge in [-0.05, 0) is 30.7 Å². The van der Waals surface area contributed by atoms with Gasteiger partial charge in [-0.1, -0.05) is 6.92 Å². The Balaban J connectivity index is 2.11. The lowest BCUT2D eigenvalue weighted by atomic mass is 10.1. The van der Waals surface area contributed by atoms with Crippen molar-refractivity contribution in [1.82, 2.24) is 4.90 Å². The third-order valence-electron chi connectivity index (χ3n) is 3.54. The van der Waals surface area contributed by atoms with Crippen LogP contribution in [0, 0.1) is 11.6 Å². The number of halogens is 2. The summed E-state index contributed by atoms with van der Waals surface area (Å²) in [6, 6.07) is 2.66. The second-order valence-corrected chi connectivity index (χ2v) is 4.94. The molecule has 0 saturated carbocycles. The normalized spacial score (nSPS) is 16.9. The molecule has 19 heavy (non-hydrogen) atoms. The summed E-state index contributed by atoms with van der Waals surface area (Å²) in [5, 5.41) is 0. The highest BCUT2D eigenvalue weighted by molar-refractivity contribution is 5.51. The van der Waals surface area contributed by atoms with Gasteiger partial charge in [-0.3, -0.25) is 4.90 Å². The van der Waals surface area contributed by atoms with Crippen LogP contribution in [0.15, 0.2) is 12.1 Å². The molecule has 106 valence electrons. The highest BCUT2D eigenvalue weighted by atomic mass is 19.1. The summed E-state index contributed by atoms with van der Waals surface area (Å²) >= 11 is 0. The molecule has 0 aliphatic carbocycles. The van der Waals surface area contributed by atoms with Crippen molar-refractivity contribution in [1.29, 1.82) is 0 Å². The van der Waals surface area contributed by atoms with Crippen LogP contribution in [0.3, 0.4) is 0 Å². The molecular weight excluding hydrogens is 248 g/mol. The van der Waals surface area contributed by atoms with E-state index in [4.69, 9.17) is 5.73 Å². The van der Waals surface area contributed by atoms with E-state index >= 15 is 0 Å². The van der Waals surface area contributed by atoms with Crippen LogP contribution in [0.4, 0.5) is 14.5 Å². The molecule has 3 nitrogen and oxygen atoms in total. The molecule has 0 bridgehead atoms. The zero-order valence-corrected chi connectivity index (χ0v) is 11.3. The van der Waals surface area contributed by atoms with Crippen LogP contribution in [0.5, 0.6) is 0 Å². The molecule has 1 saturated heterocycles. The monoisotopic (exact) mass is 269 g/mol. The number of nitrogens with zero attached hydrogens (tertiary/aromatic N) is 2. The van der Waals surface area contributed by atoms with Crippen molar-refractivity contribution in [3.8, 4) is 0 Å². The Bertz CT molecular complexity index is 406. The fraction of sp³-hybridized carbons (Fsp3) is 0.571. The van der Waals surface area contributed by atoms with Crippen LogP contribution in [-0.4, -0.2) is 37.6 Å². The predicted molar refractivity (Wildman–Crippen MR) is 73.2 cm³/mol. The van der Waals surface area contributed by atoms with E-state index in [1.54, 1.807) is 4.90 Å². The SMILES string of the molecule is CCCN1CCN(c2c(F)cc(CN)cc2F)CC1. The molecule has 0 atom stereocenters. The van der Waals surface area contributed by atoms with Crippen molar-refractivity contribution in [3.05, 3.63) is 29.3 Å². The molecule has 1 aromatic carbocycles. The van der Waals surface area contributed by atoms with Crippen molar-refractivity contribution in [2.75, 3.05) is 37.6 Å². The zero-order valence-electron chi connectivity index (χ0n) is 11.3. The fourth-order valence-corrected chi connectivity index (χ4v) is 2.55. The summed E-state index contributed by atoms with van der Waals surface area (Å²) in [5.74, 6) is -1.02. The van der Waals surface area contributed by atoms with E-state index in [1.807, 2.05) is 0 Å². The summed E-state index contributed by atoms with van der Waals surface area (Å²) in [7, 11) is 0. The molecule has 1 aliphatic heterocycles. The number of nitrogens with two attached hydrogens (primary N) is 1. The van der Waals surface area contributed by atoms with Crippen molar-refractivity contribution >= 4 is 5.69 Å². The second kappa shape index (κ2) is 6.30. The summed E-state index contributed by atoms with van der Waals surface area (Å²) in [5.41, 5.74) is 5.99. The molecule has 0 spiro atoms. The third-order valence-corrected chi connectivity index (χ3v) is 3.54. The van der Waals surface area contributed by atoms with Crippen LogP contribution in [0.2, 0.25) is 0 Å². The van der Waals surface area contributed by atoms with Crippen LogP contribution in [0.25, 0.3) is 0 Å². The predicted octanol–water partition coefficient (Wildman–Crippen LogP) is 1.96. The molecule has 0 unspecified atom stereocenters. The standard InChI is InChI=1S/C14H21F2N3/c1-2-3-18-4-6-19(7-5-18)14-12(15)8-11(10-17)9-13(14)16/h8-9H,2-7,10,17H2,1H3. The lowest BCUT2D eigenvalue weighted by Gasteiger charge is -2.36. The Morgan fingerprint density at radius 3 is 2.16 bits per heavy atom. The van der Waals surface area contributed by atoms with Gasteiger partial charge in [0.05, 0.1) is 0 Å². The molecule has 0 radical (unpaired) electrons. The van der Waals surface area contributed by atoms with Gasteiger partial charge >= 0.3 is 0 Å². The number of piperazine rings is 1. The van der Waals surface area contributed by atoms with E-state index in [2.05, 4.69) is 11.8 Å². The summed E-state index contributed by atoms with van der Waals surface area (Å²) in [6.07, 6.45) is 1.11. The largest absolute Gasteiger partial charge is 0.364 e. The van der Waals surface area contributed by atoms with Gasteiger partial charge in [-0.2, -0.15) is 0 Å². The van der Waals surface area contributed by atoms with Crippen molar-refractivity contribution in [2.45, 2.75) is 19.9 Å². The minimum Gasteiger partial charge on any atom is -0.364 e. The summed E-state index contributed by atoms with van der Waals surface area (Å²) < 4.78 is 28.0. The number of benzene rings is 1. The van der Waals surface area contributed by atoms with Gasteiger partial charge in [0, 0.05) is 32.7 Å². The maximum atomic E-state index is 14.0. The highest BCUT2D eigenvalue weighted by Crippen LogP contribution is 2.26. The van der Waals surface area contributed by atoms with Crippen LogP contribution in [-0.2, 0) is 6.54 Å². The van der Waals surface area contributed by atoms with Gasteiger partial charge in [0.1, 0.15) is 17.3 Å². The fourth-order valence-electron chi connectivity index (χ4n) is 2.55. The molecule has 1 heterocycles. The molecule has 0 amide bonds. The number of rotatable bonds is 4. The summed E-state index contributed by atoms with van der Waals surface area (Å²) in [4.78, 5) is 4.11. The molecule has 2 N–H and O–H groups in total. The van der Waals surface area contributed by atoms with E-state index in [-0.39, 0.29) is 12.2 Å². The number of anilines is 1. The highest BCUT2D eigenvalue weighted by Gasteiger charge is 2.22. The molecule has 1 aromatic rings. The Hall–Kier alpha value is -1.20. The average molecular weight is 269 g/mol. The first-order chi connectivity index (χ1) is 9.15. The maximum Gasteiger partial charge on any atom is 0.149 e. The number of hydrogen-bond acceptors (Lipinski definition) is 3. The topological polar surface area (TPSA) is 32.5 Å². The lowest BCUT2D eigenvalue weighted by molar-refractivity contribution is 0.257. The first-order valence-corrected chi connectivity index (χ1v) is 6.81. The average Bonchev–Trinajstić information content (AvgIpc) is 2.40. The van der Waals surface area contributed by atoms with Crippen LogP contribution in [0.1, 0.15) is 18.9 Å². The van der Waals surface area contributed by atoms with E-state index in [1.165, 1.54) is 12.1 Å². The van der Waals surface area contributed by atoms with Crippen LogP contribution >= 0.6 is 0 Å². The lowest BCUT2D eigenvalue weighted by Crippen LogP contribution is -2.47. The van der Waals surface area contributed by atoms with Gasteiger partial charge in [-0.15, -0.1) is 0 Å². The Kier molecular flexibility index (Phi) is 4.71. The molecule has 1 aliphatic rings. The minimum absolute atomic E-state index is 0.0911. The van der Waals surface area contributed by atoms with E-state index in [9.17, 15) is 8.78 Å². The quantitative estimate of drug-likeness (QED) is 0.907. The van der Waals surface area contributed by atoms with E-state index in [0.29, 0.717) is 18.7 Å². The maximum absolute atomic E-state index is 14.0. The molecular formula is C14H21F2N3. The smallest absolute Gasteiger partial charge is 0.149 e. The number of hydrogen-bond donors (Lipinski definition) is 1. The molecule has 5 heteroatoms. The summed E-state index contributed by atoms with van der Waals surface area (Å²) in [6.45, 7) is 6.36. The molecule has 0 aromatic heterocycles. The Morgan fingerprint density at radius 2 is 1.68 bits per heavy atom. The van der Waals surface area contributed by atoms with Gasteiger partial charge in [-0.25, -0.2) is 8.78 Å². The van der Waals surface area contributed by atoms with Gasteiger partial charge in [0.15, 0.2) is 0 Å².